The zero-order valence-corrected chi connectivity index (χ0v) is 22.1. The first-order valence-corrected chi connectivity index (χ1v) is 15.0. The molecule has 184 valence electrons. The van der Waals surface area contributed by atoms with Crippen LogP contribution in [0, 0.1) is 0 Å². The lowest BCUT2D eigenvalue weighted by atomic mass is 10.1. The fraction of sp³-hybridized carbons (Fsp3) is 0.560. The maximum absolute atomic E-state index is 11.4. The number of rotatable bonds is 7. The predicted octanol–water partition coefficient (Wildman–Crippen LogP) is 5.63. The molecule has 0 radical (unpaired) electrons. The van der Waals surface area contributed by atoms with E-state index in [1.54, 1.807) is 4.68 Å². The van der Waals surface area contributed by atoms with Crippen LogP contribution in [0.2, 0.25) is 18.1 Å². The van der Waals surface area contributed by atoms with Gasteiger partial charge in [0.1, 0.15) is 23.7 Å². The molecule has 8 nitrogen and oxygen atoms in total. The van der Waals surface area contributed by atoms with Gasteiger partial charge < -0.3 is 14.3 Å². The zero-order chi connectivity index (χ0) is 24.7. The monoisotopic (exact) mass is 484 g/mol. The summed E-state index contributed by atoms with van der Waals surface area (Å²) in [6, 6.07) is 8.08. The quantitative estimate of drug-likeness (QED) is 0.437. The van der Waals surface area contributed by atoms with Gasteiger partial charge in [0.2, 0.25) is 8.32 Å². The van der Waals surface area contributed by atoms with E-state index in [0.717, 1.165) is 53.9 Å². The number of carbonyl (C=O) groups is 1. The Kier molecular flexibility index (Phi) is 6.61. The number of aromatic nitrogens is 4. The average molecular weight is 485 g/mol. The molecule has 3 heterocycles. The highest BCUT2D eigenvalue weighted by atomic mass is 28.4. The van der Waals surface area contributed by atoms with Crippen molar-refractivity contribution >= 4 is 25.2 Å². The van der Waals surface area contributed by atoms with Crippen LogP contribution in [0.5, 0.6) is 5.75 Å². The molecule has 1 atom stereocenters. The third-order valence-electron chi connectivity index (χ3n) is 7.04. The highest BCUT2D eigenvalue weighted by Crippen LogP contribution is 2.39. The van der Waals surface area contributed by atoms with Crippen LogP contribution in [-0.2, 0) is 22.5 Å². The van der Waals surface area contributed by atoms with Crippen LogP contribution in [0.3, 0.4) is 0 Å². The van der Waals surface area contributed by atoms with E-state index >= 15 is 0 Å². The molecule has 1 aliphatic heterocycles. The molecule has 1 aromatic carbocycles. The van der Waals surface area contributed by atoms with Crippen molar-refractivity contribution in [3.63, 3.8) is 0 Å². The topological polar surface area (TPSA) is 91.4 Å². The molecule has 1 N–H and O–H groups in total. The third-order valence-corrected chi connectivity index (χ3v) is 11.4. The van der Waals surface area contributed by atoms with Crippen LogP contribution < -0.4 is 4.43 Å². The molecule has 1 fully saturated rings. The minimum Gasteiger partial charge on any atom is -0.543 e. The van der Waals surface area contributed by atoms with Crippen LogP contribution in [-0.4, -0.2) is 45.6 Å². The summed E-state index contributed by atoms with van der Waals surface area (Å²) in [7, 11) is -2.02. The Labute approximate surface area is 202 Å². The number of fused-ring (bicyclic) bond motifs is 1. The number of nitrogens with zero attached hydrogens (tertiary/aromatic N) is 4. The third kappa shape index (κ3) is 4.77. The second kappa shape index (κ2) is 9.18. The number of ether oxygens (including phenoxy) is 1. The molecule has 0 aliphatic carbocycles. The number of carboxylic acid groups (broad SMARTS) is 1. The zero-order valence-electron chi connectivity index (χ0n) is 21.1. The Morgan fingerprint density at radius 2 is 2.00 bits per heavy atom. The number of carboxylic acids is 1. The lowest BCUT2D eigenvalue weighted by Crippen LogP contribution is -2.43. The van der Waals surface area contributed by atoms with Gasteiger partial charge in [0.05, 0.1) is 5.52 Å². The van der Waals surface area contributed by atoms with Gasteiger partial charge in [-0.05, 0) is 68.1 Å². The molecule has 1 saturated heterocycles. The second-order valence-electron chi connectivity index (χ2n) is 10.6. The van der Waals surface area contributed by atoms with Crippen molar-refractivity contribution in [3.8, 4) is 17.1 Å². The standard InChI is InChI=1S/C25H36N4O4Si/c1-7-17-14-20(26-28(17)16-23(30)31)24-19-15-18(33-34(5,6)25(2,3)4)11-12-21(19)29(27-24)22-10-8-9-13-32-22/h11-12,14-15,22H,7-10,13,16H2,1-6H3,(H,30,31). The lowest BCUT2D eigenvalue weighted by molar-refractivity contribution is -0.137. The van der Waals surface area contributed by atoms with Crippen LogP contribution in [0.4, 0.5) is 0 Å². The molecule has 3 aromatic rings. The fourth-order valence-electron chi connectivity index (χ4n) is 4.08. The van der Waals surface area contributed by atoms with Gasteiger partial charge in [-0.25, -0.2) is 4.68 Å². The number of hydrogen-bond acceptors (Lipinski definition) is 5. The van der Waals surface area contributed by atoms with Crippen molar-refractivity contribution in [2.75, 3.05) is 6.61 Å². The molecular formula is C25H36N4O4Si. The van der Waals surface area contributed by atoms with Gasteiger partial charge in [-0.2, -0.15) is 10.2 Å². The van der Waals surface area contributed by atoms with Gasteiger partial charge in [-0.15, -0.1) is 0 Å². The van der Waals surface area contributed by atoms with Gasteiger partial charge in [0.25, 0.3) is 0 Å². The van der Waals surface area contributed by atoms with E-state index in [9.17, 15) is 9.90 Å². The molecule has 9 heteroatoms. The summed E-state index contributed by atoms with van der Waals surface area (Å²) in [5.74, 6) is -0.0921. The smallest absolute Gasteiger partial charge is 0.325 e. The summed E-state index contributed by atoms with van der Waals surface area (Å²) in [4.78, 5) is 11.4. The van der Waals surface area contributed by atoms with Crippen LogP contribution >= 0.6 is 0 Å². The van der Waals surface area contributed by atoms with E-state index < -0.39 is 14.3 Å². The molecule has 1 aliphatic rings. The Hall–Kier alpha value is -2.65. The fourth-order valence-corrected chi connectivity index (χ4v) is 5.10. The summed E-state index contributed by atoms with van der Waals surface area (Å²) in [5.41, 5.74) is 3.23. The average Bonchev–Trinajstić information content (AvgIpc) is 3.33. The molecule has 0 amide bonds. The maximum atomic E-state index is 11.4. The van der Waals surface area contributed by atoms with Crippen molar-refractivity contribution in [2.45, 2.75) is 84.3 Å². The highest BCUT2D eigenvalue weighted by Gasteiger charge is 2.39. The van der Waals surface area contributed by atoms with E-state index in [-0.39, 0.29) is 17.8 Å². The van der Waals surface area contributed by atoms with E-state index in [1.807, 2.05) is 23.7 Å². The van der Waals surface area contributed by atoms with Crippen LogP contribution in [0.25, 0.3) is 22.3 Å². The molecule has 1 unspecified atom stereocenters. The number of benzene rings is 1. The van der Waals surface area contributed by atoms with Crippen molar-refractivity contribution in [2.24, 2.45) is 0 Å². The lowest BCUT2D eigenvalue weighted by Gasteiger charge is -2.36. The summed E-state index contributed by atoms with van der Waals surface area (Å²) in [6.07, 6.45) is 3.63. The summed E-state index contributed by atoms with van der Waals surface area (Å²) >= 11 is 0. The number of aryl methyl sites for hydroxylation is 1. The number of aliphatic carboxylic acids is 1. The van der Waals surface area contributed by atoms with Crippen molar-refractivity contribution < 1.29 is 19.1 Å². The molecular weight excluding hydrogens is 448 g/mol. The number of hydrogen-bond donors (Lipinski definition) is 1. The van der Waals surface area contributed by atoms with Crippen molar-refractivity contribution in [1.82, 2.24) is 19.6 Å². The SMILES string of the molecule is CCc1cc(-c2nn(C3CCCCO3)c3ccc(O[Si](C)(C)C(C)(C)C)cc23)nn1CC(=O)O. The summed E-state index contributed by atoms with van der Waals surface area (Å²) in [6.45, 7) is 13.7. The van der Waals surface area contributed by atoms with Crippen LogP contribution in [0.15, 0.2) is 24.3 Å². The Morgan fingerprint density at radius 3 is 2.62 bits per heavy atom. The van der Waals surface area contributed by atoms with Crippen molar-refractivity contribution in [1.29, 1.82) is 0 Å². The predicted molar refractivity (Wildman–Crippen MR) is 135 cm³/mol. The first-order valence-electron chi connectivity index (χ1n) is 12.1. The summed E-state index contributed by atoms with van der Waals surface area (Å²) in [5, 5.41) is 19.9. The molecule has 34 heavy (non-hydrogen) atoms. The van der Waals surface area contributed by atoms with E-state index in [4.69, 9.17) is 14.3 Å². The van der Waals surface area contributed by atoms with Gasteiger partial charge >= 0.3 is 5.97 Å². The Morgan fingerprint density at radius 1 is 1.24 bits per heavy atom. The largest absolute Gasteiger partial charge is 0.543 e. The Bertz CT molecular complexity index is 1190. The van der Waals surface area contributed by atoms with Crippen molar-refractivity contribution in [3.05, 3.63) is 30.0 Å². The molecule has 4 rings (SSSR count). The highest BCUT2D eigenvalue weighted by molar-refractivity contribution is 6.74. The second-order valence-corrected chi connectivity index (χ2v) is 15.3. The molecule has 2 aromatic heterocycles. The normalized spacial score (nSPS) is 17.3. The Balaban J connectivity index is 1.84. The van der Waals surface area contributed by atoms with E-state index in [0.29, 0.717) is 12.1 Å². The molecule has 0 bridgehead atoms. The van der Waals surface area contributed by atoms with E-state index in [2.05, 4.69) is 51.1 Å². The summed E-state index contributed by atoms with van der Waals surface area (Å²) < 4.78 is 16.2. The maximum Gasteiger partial charge on any atom is 0.325 e. The first kappa shape index (κ1) is 24.5. The minimum atomic E-state index is -2.02. The van der Waals surface area contributed by atoms with E-state index in [1.165, 1.54) is 0 Å². The molecule has 0 saturated carbocycles. The first-order chi connectivity index (χ1) is 16.0. The van der Waals surface area contributed by atoms with Gasteiger partial charge in [0, 0.05) is 17.7 Å². The van der Waals surface area contributed by atoms with Crippen LogP contribution in [0.1, 0.15) is 58.9 Å². The van der Waals surface area contributed by atoms with Gasteiger partial charge in [0.15, 0.2) is 6.23 Å². The van der Waals surface area contributed by atoms with Gasteiger partial charge in [-0.1, -0.05) is 27.7 Å². The minimum absolute atomic E-state index is 0.0799. The molecule has 0 spiro atoms. The van der Waals surface area contributed by atoms with Gasteiger partial charge in [-0.3, -0.25) is 9.48 Å².